The largest absolute Gasteiger partial charge is 0.348 e. The standard InChI is InChI=1S/C9H8BrNO3S/c1-11-5-8(15(12,13)14)6-3-2-4-7(10)9(6)11/h2-5H,1H3,(H,12,13,14). The third-order valence-electron chi connectivity index (χ3n) is 2.19. The monoisotopic (exact) mass is 289 g/mol. The van der Waals surface area contributed by atoms with Gasteiger partial charge in [0.25, 0.3) is 10.1 Å². The van der Waals surface area contributed by atoms with Gasteiger partial charge in [0, 0.05) is 23.1 Å². The van der Waals surface area contributed by atoms with Gasteiger partial charge in [-0.1, -0.05) is 12.1 Å². The molecule has 0 spiro atoms. The minimum absolute atomic E-state index is 0.0682. The number of fused-ring (bicyclic) bond motifs is 1. The molecule has 1 heterocycles. The summed E-state index contributed by atoms with van der Waals surface area (Å²) < 4.78 is 33.7. The Labute approximate surface area is 95.4 Å². The van der Waals surface area contributed by atoms with Crippen LogP contribution in [0.5, 0.6) is 0 Å². The lowest BCUT2D eigenvalue weighted by atomic mass is 10.2. The van der Waals surface area contributed by atoms with Gasteiger partial charge in [0.2, 0.25) is 0 Å². The Balaban J connectivity index is 2.98. The van der Waals surface area contributed by atoms with Crippen molar-refractivity contribution in [1.29, 1.82) is 0 Å². The van der Waals surface area contributed by atoms with Crippen molar-refractivity contribution in [3.8, 4) is 0 Å². The molecule has 0 fully saturated rings. The average molecular weight is 290 g/mol. The predicted molar refractivity (Wildman–Crippen MR) is 60.4 cm³/mol. The SMILES string of the molecule is Cn1cc(S(=O)(=O)O)c2cccc(Br)c21. The van der Waals surface area contributed by atoms with Gasteiger partial charge in [-0.05, 0) is 22.0 Å². The van der Waals surface area contributed by atoms with Crippen LogP contribution in [0.25, 0.3) is 10.9 Å². The number of aryl methyl sites for hydroxylation is 1. The molecule has 15 heavy (non-hydrogen) atoms. The maximum atomic E-state index is 11.1. The molecule has 0 aliphatic heterocycles. The van der Waals surface area contributed by atoms with E-state index in [1.54, 1.807) is 23.7 Å². The van der Waals surface area contributed by atoms with Crippen LogP contribution >= 0.6 is 15.9 Å². The Bertz CT molecular complexity index is 630. The van der Waals surface area contributed by atoms with Gasteiger partial charge in [-0.2, -0.15) is 8.42 Å². The lowest BCUT2D eigenvalue weighted by molar-refractivity contribution is 0.484. The van der Waals surface area contributed by atoms with Crippen molar-refractivity contribution >= 4 is 37.0 Å². The van der Waals surface area contributed by atoms with Crippen molar-refractivity contribution in [2.45, 2.75) is 4.90 Å². The third kappa shape index (κ3) is 1.68. The molecule has 0 radical (unpaired) electrons. The Morgan fingerprint density at radius 2 is 2.07 bits per heavy atom. The molecule has 0 atom stereocenters. The van der Waals surface area contributed by atoms with E-state index in [1.165, 1.54) is 6.20 Å². The number of rotatable bonds is 1. The lowest BCUT2D eigenvalue weighted by Crippen LogP contribution is -1.96. The van der Waals surface area contributed by atoms with Crippen molar-refractivity contribution in [1.82, 2.24) is 4.57 Å². The van der Waals surface area contributed by atoms with Crippen LogP contribution in [0.15, 0.2) is 33.8 Å². The zero-order valence-electron chi connectivity index (χ0n) is 7.81. The minimum atomic E-state index is -4.17. The highest BCUT2D eigenvalue weighted by Crippen LogP contribution is 2.29. The van der Waals surface area contributed by atoms with Crippen LogP contribution in [0.2, 0.25) is 0 Å². The first-order chi connectivity index (χ1) is 6.91. The second-order valence-electron chi connectivity index (χ2n) is 3.22. The predicted octanol–water partition coefficient (Wildman–Crippen LogP) is 2.19. The zero-order valence-corrected chi connectivity index (χ0v) is 10.2. The fraction of sp³-hybridized carbons (Fsp3) is 0.111. The minimum Gasteiger partial charge on any atom is -0.348 e. The molecule has 2 rings (SSSR count). The van der Waals surface area contributed by atoms with E-state index in [9.17, 15) is 8.42 Å². The first kappa shape index (κ1) is 10.7. The van der Waals surface area contributed by atoms with E-state index in [2.05, 4.69) is 15.9 Å². The van der Waals surface area contributed by atoms with E-state index < -0.39 is 10.1 Å². The second-order valence-corrected chi connectivity index (χ2v) is 5.46. The molecule has 1 N–H and O–H groups in total. The maximum Gasteiger partial charge on any atom is 0.296 e. The topological polar surface area (TPSA) is 59.3 Å². The number of aromatic nitrogens is 1. The number of benzene rings is 1. The molecule has 0 unspecified atom stereocenters. The zero-order chi connectivity index (χ0) is 11.2. The number of para-hydroxylation sites is 1. The Kier molecular flexibility index (Phi) is 2.37. The van der Waals surface area contributed by atoms with Gasteiger partial charge in [0.1, 0.15) is 4.90 Å². The van der Waals surface area contributed by atoms with Crippen LogP contribution < -0.4 is 0 Å². The first-order valence-electron chi connectivity index (χ1n) is 4.12. The summed E-state index contributed by atoms with van der Waals surface area (Å²) >= 11 is 3.33. The Morgan fingerprint density at radius 3 is 2.67 bits per heavy atom. The van der Waals surface area contributed by atoms with E-state index in [1.807, 2.05) is 6.07 Å². The van der Waals surface area contributed by atoms with Gasteiger partial charge in [-0.15, -0.1) is 0 Å². The molecule has 0 bridgehead atoms. The van der Waals surface area contributed by atoms with E-state index >= 15 is 0 Å². The fourth-order valence-electron chi connectivity index (χ4n) is 1.59. The molecule has 1 aromatic carbocycles. The molecular weight excluding hydrogens is 282 g/mol. The quantitative estimate of drug-likeness (QED) is 0.819. The number of halogens is 1. The van der Waals surface area contributed by atoms with Gasteiger partial charge in [-0.3, -0.25) is 4.55 Å². The molecule has 1 aromatic heterocycles. The summed E-state index contributed by atoms with van der Waals surface area (Å²) in [6, 6.07) is 5.19. The van der Waals surface area contributed by atoms with E-state index in [0.29, 0.717) is 5.39 Å². The molecule has 0 saturated heterocycles. The average Bonchev–Trinajstić information content (AvgIpc) is 2.44. The van der Waals surface area contributed by atoms with Crippen LogP contribution in [0.4, 0.5) is 0 Å². The molecule has 4 nitrogen and oxygen atoms in total. The van der Waals surface area contributed by atoms with Crippen molar-refractivity contribution in [3.63, 3.8) is 0 Å². The highest BCUT2D eigenvalue weighted by atomic mass is 79.9. The van der Waals surface area contributed by atoms with Crippen molar-refractivity contribution in [2.75, 3.05) is 0 Å². The molecule has 0 amide bonds. The molecular formula is C9H8BrNO3S. The smallest absolute Gasteiger partial charge is 0.296 e. The summed E-state index contributed by atoms with van der Waals surface area (Å²) in [6.07, 6.45) is 1.39. The third-order valence-corrected chi connectivity index (χ3v) is 3.71. The number of nitrogens with zero attached hydrogens (tertiary/aromatic N) is 1. The summed E-state index contributed by atoms with van der Waals surface area (Å²) in [5, 5.41) is 0.509. The van der Waals surface area contributed by atoms with Gasteiger partial charge in [-0.25, -0.2) is 0 Å². The summed E-state index contributed by atoms with van der Waals surface area (Å²) in [4.78, 5) is -0.0682. The van der Waals surface area contributed by atoms with E-state index in [4.69, 9.17) is 4.55 Å². The van der Waals surface area contributed by atoms with Crippen molar-refractivity contribution in [2.24, 2.45) is 7.05 Å². The first-order valence-corrected chi connectivity index (χ1v) is 6.35. The summed E-state index contributed by atoms with van der Waals surface area (Å²) in [5.41, 5.74) is 0.741. The van der Waals surface area contributed by atoms with Gasteiger partial charge < -0.3 is 4.57 Å². The highest BCUT2D eigenvalue weighted by molar-refractivity contribution is 9.10. The van der Waals surface area contributed by atoms with Crippen LogP contribution in [-0.4, -0.2) is 17.5 Å². The molecule has 80 valence electrons. The summed E-state index contributed by atoms with van der Waals surface area (Å²) in [5.74, 6) is 0. The van der Waals surface area contributed by atoms with Crippen LogP contribution in [0, 0.1) is 0 Å². The molecule has 0 aliphatic carbocycles. The van der Waals surface area contributed by atoms with Gasteiger partial charge in [0.05, 0.1) is 5.52 Å². The van der Waals surface area contributed by atoms with Gasteiger partial charge >= 0.3 is 0 Å². The van der Waals surface area contributed by atoms with Crippen LogP contribution in [-0.2, 0) is 17.2 Å². The molecule has 6 heteroatoms. The van der Waals surface area contributed by atoms with Gasteiger partial charge in [0.15, 0.2) is 0 Å². The van der Waals surface area contributed by atoms with Crippen LogP contribution in [0.1, 0.15) is 0 Å². The normalized spacial score (nSPS) is 12.2. The Morgan fingerprint density at radius 1 is 1.40 bits per heavy atom. The van der Waals surface area contributed by atoms with Crippen molar-refractivity contribution < 1.29 is 13.0 Å². The van der Waals surface area contributed by atoms with Crippen LogP contribution in [0.3, 0.4) is 0 Å². The molecule has 0 saturated carbocycles. The molecule has 2 aromatic rings. The maximum absolute atomic E-state index is 11.1. The lowest BCUT2D eigenvalue weighted by Gasteiger charge is -1.98. The molecule has 0 aliphatic rings. The summed E-state index contributed by atoms with van der Waals surface area (Å²) in [7, 11) is -2.44. The number of hydrogen-bond donors (Lipinski definition) is 1. The highest BCUT2D eigenvalue weighted by Gasteiger charge is 2.18. The second kappa shape index (κ2) is 3.33. The fourth-order valence-corrected chi connectivity index (χ4v) is 2.97. The van der Waals surface area contributed by atoms with E-state index in [0.717, 1.165) is 9.99 Å². The van der Waals surface area contributed by atoms with Crippen molar-refractivity contribution in [3.05, 3.63) is 28.9 Å². The summed E-state index contributed by atoms with van der Waals surface area (Å²) in [6.45, 7) is 0. The number of hydrogen-bond acceptors (Lipinski definition) is 2. The van der Waals surface area contributed by atoms with E-state index in [-0.39, 0.29) is 4.90 Å². The Hall–Kier alpha value is -0.850.